The molecule has 1 aliphatic heterocycles. The summed E-state index contributed by atoms with van der Waals surface area (Å²) in [7, 11) is 0. The monoisotopic (exact) mass is 210 g/mol. The van der Waals surface area contributed by atoms with Crippen molar-refractivity contribution in [1.82, 2.24) is 0 Å². The fourth-order valence-corrected chi connectivity index (χ4v) is 3.49. The summed E-state index contributed by atoms with van der Waals surface area (Å²) in [5, 5.41) is 37.0. The van der Waals surface area contributed by atoms with Crippen molar-refractivity contribution in [2.24, 2.45) is 22.7 Å². The van der Waals surface area contributed by atoms with Crippen LogP contribution in [-0.4, -0.2) is 12.2 Å². The Bertz CT molecular complexity index is 464. The third-order valence-corrected chi connectivity index (χ3v) is 4.30. The van der Waals surface area contributed by atoms with E-state index in [1.165, 1.54) is 0 Å². The molecule has 4 atom stereocenters. The number of nitrogens with zero attached hydrogens (tertiary/aromatic N) is 4. The quantitative estimate of drug-likeness (QED) is 0.540. The number of hydrogen-bond donors (Lipinski definition) is 0. The molecule has 1 heterocycles. The molecule has 0 amide bonds. The van der Waals surface area contributed by atoms with Crippen LogP contribution in [0.1, 0.15) is 6.42 Å². The first-order valence-corrected chi connectivity index (χ1v) is 5.01. The van der Waals surface area contributed by atoms with E-state index in [1.54, 1.807) is 0 Å². The van der Waals surface area contributed by atoms with Crippen LogP contribution in [0.4, 0.5) is 0 Å². The van der Waals surface area contributed by atoms with Crippen molar-refractivity contribution in [3.05, 3.63) is 0 Å². The van der Waals surface area contributed by atoms with Gasteiger partial charge in [0.15, 0.2) is 10.8 Å². The number of rotatable bonds is 0. The van der Waals surface area contributed by atoms with Crippen LogP contribution in [0.25, 0.3) is 0 Å². The van der Waals surface area contributed by atoms with Gasteiger partial charge in [0.05, 0.1) is 36.5 Å². The highest BCUT2D eigenvalue weighted by molar-refractivity contribution is 5.45. The minimum absolute atomic E-state index is 0.0841. The van der Waals surface area contributed by atoms with Gasteiger partial charge < -0.3 is 4.74 Å². The lowest BCUT2D eigenvalue weighted by Gasteiger charge is -2.32. The van der Waals surface area contributed by atoms with Crippen molar-refractivity contribution in [1.29, 1.82) is 21.0 Å². The van der Waals surface area contributed by atoms with E-state index in [0.717, 1.165) is 0 Å². The lowest BCUT2D eigenvalue weighted by Crippen LogP contribution is -2.46. The minimum Gasteiger partial charge on any atom is -0.369 e. The molecule has 0 N–H and O–H groups in total. The van der Waals surface area contributed by atoms with Crippen molar-refractivity contribution in [2.45, 2.75) is 18.6 Å². The standard InChI is InChI=1S/C11H6N4O/c12-2-10(3-13)6-1-7(9-8(6)16-9)11(10,4-14)5-15/h6-9H,1H2/t6-,7-,8-,9+/m0/s1. The van der Waals surface area contributed by atoms with E-state index < -0.39 is 10.8 Å². The third-order valence-electron chi connectivity index (χ3n) is 4.30. The van der Waals surface area contributed by atoms with Crippen molar-refractivity contribution >= 4 is 0 Å². The summed E-state index contributed by atoms with van der Waals surface area (Å²) in [5.74, 6) is -0.561. The van der Waals surface area contributed by atoms with Gasteiger partial charge in [-0.05, 0) is 6.42 Å². The molecule has 5 heteroatoms. The zero-order valence-corrected chi connectivity index (χ0v) is 8.21. The fraction of sp³-hybridized carbons (Fsp3) is 0.636. The minimum atomic E-state index is -1.52. The predicted molar refractivity (Wildman–Crippen MR) is 47.6 cm³/mol. The third kappa shape index (κ3) is 0.594. The Balaban J connectivity index is 2.26. The number of nitriles is 4. The molecule has 0 spiro atoms. The molecule has 0 radical (unpaired) electrons. The molecule has 2 aliphatic carbocycles. The van der Waals surface area contributed by atoms with Gasteiger partial charge in [0.2, 0.25) is 0 Å². The number of epoxide rings is 1. The number of fused-ring (bicyclic) bond motifs is 5. The number of ether oxygens (including phenoxy) is 1. The Morgan fingerprint density at radius 1 is 0.812 bits per heavy atom. The lowest BCUT2D eigenvalue weighted by atomic mass is 9.58. The molecule has 2 bridgehead atoms. The molecule has 16 heavy (non-hydrogen) atoms. The van der Waals surface area contributed by atoms with E-state index in [-0.39, 0.29) is 24.0 Å². The second kappa shape index (κ2) is 2.35. The van der Waals surface area contributed by atoms with Crippen LogP contribution in [0.2, 0.25) is 0 Å². The zero-order chi connectivity index (χ0) is 11.6. The van der Waals surface area contributed by atoms with Crippen LogP contribution in [0.15, 0.2) is 0 Å². The van der Waals surface area contributed by atoms with Crippen LogP contribution < -0.4 is 0 Å². The van der Waals surface area contributed by atoms with E-state index >= 15 is 0 Å². The van der Waals surface area contributed by atoms with Crippen molar-refractivity contribution < 1.29 is 4.74 Å². The maximum Gasteiger partial charge on any atom is 0.181 e. The first kappa shape index (κ1) is 9.17. The van der Waals surface area contributed by atoms with Gasteiger partial charge in [-0.3, -0.25) is 0 Å². The van der Waals surface area contributed by atoms with Gasteiger partial charge >= 0.3 is 0 Å². The highest BCUT2D eigenvalue weighted by Crippen LogP contribution is 2.71. The molecule has 0 unspecified atom stereocenters. The first-order valence-electron chi connectivity index (χ1n) is 5.01. The van der Waals surface area contributed by atoms with E-state index in [4.69, 9.17) is 4.74 Å². The Morgan fingerprint density at radius 3 is 1.50 bits per heavy atom. The van der Waals surface area contributed by atoms with E-state index in [1.807, 2.05) is 24.3 Å². The van der Waals surface area contributed by atoms with Crippen LogP contribution in [-0.2, 0) is 4.74 Å². The first-order chi connectivity index (χ1) is 7.70. The van der Waals surface area contributed by atoms with Gasteiger partial charge in [-0.25, -0.2) is 0 Å². The average Bonchev–Trinajstić information content (AvgIpc) is 2.97. The normalized spacial score (nSPS) is 43.2. The summed E-state index contributed by atoms with van der Waals surface area (Å²) in [4.78, 5) is 0. The van der Waals surface area contributed by atoms with Crippen LogP contribution >= 0.6 is 0 Å². The molecule has 3 rings (SSSR count). The molecular weight excluding hydrogens is 204 g/mol. The molecule has 5 nitrogen and oxygen atoms in total. The SMILES string of the molecule is N#CC1(C#N)[C@H]2C[C@@H]([C@H]3O[C@H]32)C1(C#N)C#N. The van der Waals surface area contributed by atoms with Gasteiger partial charge in [0.1, 0.15) is 0 Å². The molecule has 2 saturated carbocycles. The van der Waals surface area contributed by atoms with Crippen molar-refractivity contribution in [3.8, 4) is 24.3 Å². The molecule has 0 aromatic rings. The van der Waals surface area contributed by atoms with E-state index in [0.29, 0.717) is 6.42 Å². The Morgan fingerprint density at radius 2 is 1.19 bits per heavy atom. The molecule has 3 aliphatic rings. The Hall–Kier alpha value is -2.08. The van der Waals surface area contributed by atoms with Gasteiger partial charge in [0.25, 0.3) is 0 Å². The fourth-order valence-electron chi connectivity index (χ4n) is 3.49. The summed E-state index contributed by atoms with van der Waals surface area (Å²) in [6.45, 7) is 0. The van der Waals surface area contributed by atoms with Gasteiger partial charge in [0, 0.05) is 11.8 Å². The molecule has 1 saturated heterocycles. The molecular formula is C11H6N4O. The summed E-state index contributed by atoms with van der Waals surface area (Å²) in [5.41, 5.74) is -3.03. The van der Waals surface area contributed by atoms with Gasteiger partial charge in [-0.2, -0.15) is 21.0 Å². The van der Waals surface area contributed by atoms with Crippen LogP contribution in [0.3, 0.4) is 0 Å². The van der Waals surface area contributed by atoms with Crippen LogP contribution in [0, 0.1) is 68.0 Å². The zero-order valence-electron chi connectivity index (χ0n) is 8.21. The van der Waals surface area contributed by atoms with E-state index in [2.05, 4.69) is 0 Å². The Labute approximate surface area is 92.1 Å². The smallest absolute Gasteiger partial charge is 0.181 e. The van der Waals surface area contributed by atoms with Gasteiger partial charge in [-0.15, -0.1) is 0 Å². The molecule has 76 valence electrons. The summed E-state index contributed by atoms with van der Waals surface area (Å²) in [6, 6.07) is 7.69. The molecule has 3 fully saturated rings. The van der Waals surface area contributed by atoms with Gasteiger partial charge in [-0.1, -0.05) is 0 Å². The van der Waals surface area contributed by atoms with Crippen LogP contribution in [0.5, 0.6) is 0 Å². The van der Waals surface area contributed by atoms with Crippen molar-refractivity contribution in [3.63, 3.8) is 0 Å². The lowest BCUT2D eigenvalue weighted by molar-refractivity contribution is 0.215. The number of hydrogen-bond acceptors (Lipinski definition) is 5. The molecule has 0 aromatic carbocycles. The Kier molecular flexibility index (Phi) is 1.35. The highest BCUT2D eigenvalue weighted by Gasteiger charge is 2.82. The largest absolute Gasteiger partial charge is 0.369 e. The van der Waals surface area contributed by atoms with Crippen molar-refractivity contribution in [2.75, 3.05) is 0 Å². The maximum atomic E-state index is 9.24. The second-order valence-electron chi connectivity index (χ2n) is 4.58. The highest BCUT2D eigenvalue weighted by atomic mass is 16.6. The second-order valence-corrected chi connectivity index (χ2v) is 4.58. The average molecular weight is 210 g/mol. The molecule has 0 aromatic heterocycles. The van der Waals surface area contributed by atoms with E-state index in [9.17, 15) is 21.0 Å². The summed E-state index contributed by atoms with van der Waals surface area (Å²) >= 11 is 0. The topological polar surface area (TPSA) is 108 Å². The summed E-state index contributed by atoms with van der Waals surface area (Å²) in [6.07, 6.45) is 0.413. The predicted octanol–water partition coefficient (Wildman–Crippen LogP) is 0.471. The maximum absolute atomic E-state index is 9.24. The summed E-state index contributed by atoms with van der Waals surface area (Å²) < 4.78 is 5.35.